The molecule has 1 saturated carbocycles. The predicted molar refractivity (Wildman–Crippen MR) is 126 cm³/mol. The largest absolute Gasteiger partial charge is 0.353 e. The van der Waals surface area contributed by atoms with E-state index in [0.29, 0.717) is 34.9 Å². The molecule has 174 valence electrons. The summed E-state index contributed by atoms with van der Waals surface area (Å²) in [6.07, 6.45) is 7.47. The average Bonchev–Trinajstić information content (AvgIpc) is 3.17. The number of amides is 2. The molecule has 7 nitrogen and oxygen atoms in total. The number of carbonyl (C=O) groups excluding carboxylic acids is 2. The fraction of sp³-hybridized carbons (Fsp3) is 0.640. The standard InChI is InChI=1S/C25H37N5O2/c1-17-7-8-18(14-25(17,2)3)15-27-24(32)21-5-4-6-22-28-20(16-30(21)22)13-23(31)29-19-9-11-26-12-10-19/h4-6,16-19,26H,7-15H2,1-3H3,(H,27,32)(H,29,31)/t17?,18-/m1/s1. The van der Waals surface area contributed by atoms with Crippen molar-refractivity contribution in [2.45, 2.75) is 65.3 Å². The van der Waals surface area contributed by atoms with Gasteiger partial charge in [0.1, 0.15) is 11.3 Å². The highest BCUT2D eigenvalue weighted by molar-refractivity contribution is 5.93. The van der Waals surface area contributed by atoms with Gasteiger partial charge in [0.15, 0.2) is 0 Å². The first-order chi connectivity index (χ1) is 15.3. The van der Waals surface area contributed by atoms with E-state index in [1.165, 1.54) is 6.42 Å². The van der Waals surface area contributed by atoms with E-state index in [9.17, 15) is 9.59 Å². The van der Waals surface area contributed by atoms with Crippen LogP contribution in [-0.2, 0) is 11.2 Å². The summed E-state index contributed by atoms with van der Waals surface area (Å²) < 4.78 is 1.80. The van der Waals surface area contributed by atoms with E-state index < -0.39 is 0 Å². The van der Waals surface area contributed by atoms with Gasteiger partial charge in [0, 0.05) is 18.8 Å². The topological polar surface area (TPSA) is 87.5 Å². The molecule has 2 fully saturated rings. The van der Waals surface area contributed by atoms with Crippen molar-refractivity contribution in [1.82, 2.24) is 25.3 Å². The second-order valence-corrected chi connectivity index (χ2v) is 10.4. The minimum absolute atomic E-state index is 0.0135. The molecule has 4 rings (SSSR count). The lowest BCUT2D eigenvalue weighted by Gasteiger charge is -2.40. The van der Waals surface area contributed by atoms with Gasteiger partial charge in [-0.15, -0.1) is 0 Å². The quantitative estimate of drug-likeness (QED) is 0.646. The first kappa shape index (κ1) is 22.8. The summed E-state index contributed by atoms with van der Waals surface area (Å²) in [5, 5.41) is 9.56. The van der Waals surface area contributed by atoms with Crippen molar-refractivity contribution in [2.24, 2.45) is 17.3 Å². The van der Waals surface area contributed by atoms with Crippen LogP contribution in [0.1, 0.15) is 69.1 Å². The number of hydrogen-bond acceptors (Lipinski definition) is 4. The van der Waals surface area contributed by atoms with Crippen molar-refractivity contribution in [2.75, 3.05) is 19.6 Å². The molecule has 32 heavy (non-hydrogen) atoms. The van der Waals surface area contributed by atoms with E-state index in [2.05, 4.69) is 41.7 Å². The molecule has 2 aliphatic rings. The number of rotatable bonds is 6. The van der Waals surface area contributed by atoms with Crippen molar-refractivity contribution in [3.8, 4) is 0 Å². The number of pyridine rings is 1. The van der Waals surface area contributed by atoms with E-state index in [0.717, 1.165) is 44.7 Å². The molecule has 7 heteroatoms. The molecule has 1 aliphatic heterocycles. The van der Waals surface area contributed by atoms with E-state index in [4.69, 9.17) is 0 Å². The molecular weight excluding hydrogens is 402 g/mol. The first-order valence-electron chi connectivity index (χ1n) is 12.1. The minimum Gasteiger partial charge on any atom is -0.353 e. The third-order valence-corrected chi connectivity index (χ3v) is 7.53. The molecule has 0 spiro atoms. The number of nitrogens with one attached hydrogen (secondary N) is 3. The van der Waals surface area contributed by atoms with Crippen molar-refractivity contribution < 1.29 is 9.59 Å². The van der Waals surface area contributed by atoms with E-state index in [1.807, 2.05) is 24.4 Å². The third kappa shape index (κ3) is 5.31. The van der Waals surface area contributed by atoms with E-state index >= 15 is 0 Å². The Morgan fingerprint density at radius 3 is 2.72 bits per heavy atom. The summed E-state index contributed by atoms with van der Waals surface area (Å²) in [5.41, 5.74) is 2.25. The molecule has 1 saturated heterocycles. The first-order valence-corrected chi connectivity index (χ1v) is 12.1. The van der Waals surface area contributed by atoms with Gasteiger partial charge in [-0.1, -0.05) is 26.8 Å². The molecule has 2 aromatic rings. The lowest BCUT2D eigenvalue weighted by atomic mass is 9.66. The molecule has 1 aliphatic carbocycles. The zero-order valence-corrected chi connectivity index (χ0v) is 19.6. The maximum Gasteiger partial charge on any atom is 0.268 e. The number of aromatic nitrogens is 2. The highest BCUT2D eigenvalue weighted by Crippen LogP contribution is 2.42. The van der Waals surface area contributed by atoms with Gasteiger partial charge in [-0.05, 0) is 74.6 Å². The maximum atomic E-state index is 13.0. The number of carbonyl (C=O) groups is 2. The van der Waals surface area contributed by atoms with Gasteiger partial charge in [-0.25, -0.2) is 4.98 Å². The van der Waals surface area contributed by atoms with Gasteiger partial charge in [0.05, 0.1) is 12.1 Å². The van der Waals surface area contributed by atoms with Crippen LogP contribution < -0.4 is 16.0 Å². The van der Waals surface area contributed by atoms with Gasteiger partial charge in [0.2, 0.25) is 5.91 Å². The van der Waals surface area contributed by atoms with Crippen LogP contribution in [0.4, 0.5) is 0 Å². The van der Waals surface area contributed by atoms with Crippen LogP contribution in [0.5, 0.6) is 0 Å². The molecule has 2 amide bonds. The smallest absolute Gasteiger partial charge is 0.268 e. The number of hydrogen-bond donors (Lipinski definition) is 3. The van der Waals surface area contributed by atoms with Crippen LogP contribution in [0, 0.1) is 17.3 Å². The van der Waals surface area contributed by atoms with Gasteiger partial charge in [0.25, 0.3) is 5.91 Å². The molecular formula is C25H37N5O2. The van der Waals surface area contributed by atoms with Crippen LogP contribution in [0.3, 0.4) is 0 Å². The average molecular weight is 440 g/mol. The van der Waals surface area contributed by atoms with Crippen LogP contribution in [-0.4, -0.2) is 46.9 Å². The van der Waals surface area contributed by atoms with Gasteiger partial charge in [-0.2, -0.15) is 0 Å². The molecule has 2 atom stereocenters. The lowest BCUT2D eigenvalue weighted by Crippen LogP contribution is -2.43. The molecule has 2 aromatic heterocycles. The number of nitrogens with zero attached hydrogens (tertiary/aromatic N) is 2. The Bertz CT molecular complexity index is 960. The summed E-state index contributed by atoms with van der Waals surface area (Å²) >= 11 is 0. The Balaban J connectivity index is 1.38. The predicted octanol–water partition coefficient (Wildman–Crippen LogP) is 2.94. The number of imidazole rings is 1. The molecule has 0 aromatic carbocycles. The van der Waals surface area contributed by atoms with Gasteiger partial charge in [-0.3, -0.25) is 14.0 Å². The fourth-order valence-corrected chi connectivity index (χ4v) is 5.17. The SMILES string of the molecule is CC1CC[C@@H](CNC(=O)c2cccc3nc(CC(=O)NC4CCNCC4)cn23)CC1(C)C. The van der Waals surface area contributed by atoms with Crippen molar-refractivity contribution in [3.63, 3.8) is 0 Å². The number of fused-ring (bicyclic) bond motifs is 1. The normalized spacial score (nSPS) is 23.7. The van der Waals surface area contributed by atoms with Crippen molar-refractivity contribution in [3.05, 3.63) is 35.8 Å². The van der Waals surface area contributed by atoms with Crippen molar-refractivity contribution >= 4 is 17.5 Å². The Labute approximate surface area is 190 Å². The van der Waals surface area contributed by atoms with E-state index in [-0.39, 0.29) is 24.3 Å². The molecule has 3 N–H and O–H groups in total. The summed E-state index contributed by atoms with van der Waals surface area (Å²) in [4.78, 5) is 30.0. The van der Waals surface area contributed by atoms with Crippen LogP contribution in [0.2, 0.25) is 0 Å². The highest BCUT2D eigenvalue weighted by Gasteiger charge is 2.34. The Morgan fingerprint density at radius 1 is 1.19 bits per heavy atom. The zero-order chi connectivity index (χ0) is 22.7. The zero-order valence-electron chi connectivity index (χ0n) is 19.6. The number of piperidine rings is 1. The summed E-state index contributed by atoms with van der Waals surface area (Å²) in [6.45, 7) is 9.58. The highest BCUT2D eigenvalue weighted by atomic mass is 16.2. The molecule has 3 heterocycles. The maximum absolute atomic E-state index is 13.0. The van der Waals surface area contributed by atoms with E-state index in [1.54, 1.807) is 4.40 Å². The minimum atomic E-state index is -0.0878. The second kappa shape index (κ2) is 9.61. The molecule has 0 bridgehead atoms. The fourth-order valence-electron chi connectivity index (χ4n) is 5.17. The van der Waals surface area contributed by atoms with Crippen LogP contribution in [0.15, 0.2) is 24.4 Å². The van der Waals surface area contributed by atoms with Crippen molar-refractivity contribution in [1.29, 1.82) is 0 Å². The van der Waals surface area contributed by atoms with Gasteiger partial charge < -0.3 is 16.0 Å². The van der Waals surface area contributed by atoms with Gasteiger partial charge >= 0.3 is 0 Å². The third-order valence-electron chi connectivity index (χ3n) is 7.53. The molecule has 0 radical (unpaired) electrons. The summed E-state index contributed by atoms with van der Waals surface area (Å²) in [6, 6.07) is 5.77. The summed E-state index contributed by atoms with van der Waals surface area (Å²) in [7, 11) is 0. The monoisotopic (exact) mass is 439 g/mol. The Hall–Kier alpha value is -2.41. The Morgan fingerprint density at radius 2 is 1.97 bits per heavy atom. The summed E-state index contributed by atoms with van der Waals surface area (Å²) in [5.74, 6) is 1.14. The second-order valence-electron chi connectivity index (χ2n) is 10.4. The van der Waals surface area contributed by atoms with Crippen LogP contribution in [0.25, 0.3) is 5.65 Å². The lowest BCUT2D eigenvalue weighted by molar-refractivity contribution is -0.121. The Kier molecular flexibility index (Phi) is 6.84. The molecule has 1 unspecified atom stereocenters. The van der Waals surface area contributed by atoms with Crippen LogP contribution >= 0.6 is 0 Å².